The summed E-state index contributed by atoms with van der Waals surface area (Å²) < 4.78 is 0. The Bertz CT molecular complexity index is 1000. The van der Waals surface area contributed by atoms with Crippen molar-refractivity contribution in [2.45, 2.75) is 39.0 Å². The monoisotopic (exact) mass is 400 g/mol. The van der Waals surface area contributed by atoms with Gasteiger partial charge in [0.15, 0.2) is 0 Å². The van der Waals surface area contributed by atoms with Gasteiger partial charge in [-0.3, -0.25) is 9.59 Å². The van der Waals surface area contributed by atoms with Crippen LogP contribution >= 0.6 is 0 Å². The van der Waals surface area contributed by atoms with Crippen molar-refractivity contribution in [2.75, 3.05) is 10.6 Å². The highest BCUT2D eigenvalue weighted by Gasteiger charge is 2.14. The average molecular weight is 401 g/mol. The summed E-state index contributed by atoms with van der Waals surface area (Å²) >= 11 is 0. The molecule has 0 aliphatic carbocycles. The molecular weight excluding hydrogens is 372 g/mol. The van der Waals surface area contributed by atoms with Gasteiger partial charge in [-0.2, -0.15) is 0 Å². The molecule has 0 fully saturated rings. The highest BCUT2D eigenvalue weighted by Crippen LogP contribution is 2.23. The molecule has 0 radical (unpaired) electrons. The van der Waals surface area contributed by atoms with E-state index in [1.54, 1.807) is 12.1 Å². The maximum Gasteiger partial charge on any atom is 0.255 e. The van der Waals surface area contributed by atoms with Gasteiger partial charge in [0.2, 0.25) is 5.91 Å². The average Bonchev–Trinajstić information content (AvgIpc) is 2.73. The summed E-state index contributed by atoms with van der Waals surface area (Å²) in [5, 5.41) is 5.80. The summed E-state index contributed by atoms with van der Waals surface area (Å²) in [5.41, 5.74) is 4.25. The standard InChI is InChI=1S/C26H28N2O2/c1-26(2,3)21-15-13-20(14-16-21)25(30)28-23-11-7-10-22(18-23)27-24(29)17-12-19-8-5-4-6-9-19/h4-11,13-16,18H,12,17H2,1-3H3,(H,27,29)(H,28,30). The summed E-state index contributed by atoms with van der Waals surface area (Å²) in [4.78, 5) is 24.8. The van der Waals surface area contributed by atoms with Crippen molar-refractivity contribution in [3.8, 4) is 0 Å². The number of aryl methyl sites for hydroxylation is 1. The second-order valence-corrected chi connectivity index (χ2v) is 8.40. The molecule has 4 nitrogen and oxygen atoms in total. The Balaban J connectivity index is 1.58. The first-order valence-electron chi connectivity index (χ1n) is 10.2. The molecule has 0 saturated carbocycles. The second-order valence-electron chi connectivity index (χ2n) is 8.40. The van der Waals surface area contributed by atoms with Gasteiger partial charge in [0, 0.05) is 23.4 Å². The minimum absolute atomic E-state index is 0.0437. The normalized spacial score (nSPS) is 11.0. The SMILES string of the molecule is CC(C)(C)c1ccc(C(=O)Nc2cccc(NC(=O)CCc3ccccc3)c2)cc1. The molecule has 2 N–H and O–H groups in total. The molecule has 3 aromatic carbocycles. The quantitative estimate of drug-likeness (QED) is 0.549. The number of carbonyl (C=O) groups excluding carboxylic acids is 2. The maximum absolute atomic E-state index is 12.6. The van der Waals surface area contributed by atoms with Crippen molar-refractivity contribution < 1.29 is 9.59 Å². The Morgan fingerprint density at radius 1 is 0.767 bits per heavy atom. The molecule has 3 rings (SSSR count). The van der Waals surface area contributed by atoms with Gasteiger partial charge >= 0.3 is 0 Å². The van der Waals surface area contributed by atoms with E-state index in [-0.39, 0.29) is 17.2 Å². The van der Waals surface area contributed by atoms with Crippen LogP contribution in [0.3, 0.4) is 0 Å². The van der Waals surface area contributed by atoms with E-state index in [1.807, 2.05) is 66.7 Å². The molecule has 0 saturated heterocycles. The van der Waals surface area contributed by atoms with E-state index in [9.17, 15) is 9.59 Å². The Kier molecular flexibility index (Phi) is 6.68. The maximum atomic E-state index is 12.6. The van der Waals surface area contributed by atoms with Gasteiger partial charge in [-0.15, -0.1) is 0 Å². The minimum atomic E-state index is -0.178. The van der Waals surface area contributed by atoms with Crippen molar-refractivity contribution in [1.29, 1.82) is 0 Å². The third kappa shape index (κ3) is 6.05. The fourth-order valence-corrected chi connectivity index (χ4v) is 3.13. The highest BCUT2D eigenvalue weighted by molar-refractivity contribution is 6.04. The van der Waals surface area contributed by atoms with Crippen molar-refractivity contribution in [3.05, 3.63) is 95.6 Å². The van der Waals surface area contributed by atoms with Crippen LogP contribution in [0.5, 0.6) is 0 Å². The van der Waals surface area contributed by atoms with Gasteiger partial charge in [-0.1, -0.05) is 69.3 Å². The molecule has 0 aliphatic rings. The first-order chi connectivity index (χ1) is 14.3. The van der Waals surface area contributed by atoms with Gasteiger partial charge in [-0.05, 0) is 53.3 Å². The third-order valence-corrected chi connectivity index (χ3v) is 4.90. The minimum Gasteiger partial charge on any atom is -0.326 e. The van der Waals surface area contributed by atoms with Crippen molar-refractivity contribution in [1.82, 2.24) is 0 Å². The Hall–Kier alpha value is -3.40. The number of rotatable bonds is 6. The molecule has 2 amide bonds. The van der Waals surface area contributed by atoms with Gasteiger partial charge < -0.3 is 10.6 Å². The molecule has 0 heterocycles. The zero-order chi connectivity index (χ0) is 21.6. The topological polar surface area (TPSA) is 58.2 Å². The van der Waals surface area contributed by atoms with E-state index >= 15 is 0 Å². The number of anilines is 2. The first kappa shape index (κ1) is 21.3. The van der Waals surface area contributed by atoms with Gasteiger partial charge in [0.05, 0.1) is 0 Å². The Morgan fingerprint density at radius 3 is 2.03 bits per heavy atom. The van der Waals surface area contributed by atoms with Gasteiger partial charge in [0.25, 0.3) is 5.91 Å². The molecule has 4 heteroatoms. The highest BCUT2D eigenvalue weighted by atomic mass is 16.2. The molecule has 0 aliphatic heterocycles. The zero-order valence-corrected chi connectivity index (χ0v) is 17.7. The lowest BCUT2D eigenvalue weighted by molar-refractivity contribution is -0.116. The van der Waals surface area contributed by atoms with E-state index in [0.717, 1.165) is 5.56 Å². The van der Waals surface area contributed by atoms with Crippen LogP contribution < -0.4 is 10.6 Å². The summed E-state index contributed by atoms with van der Waals surface area (Å²) in [6.07, 6.45) is 1.09. The van der Waals surface area contributed by atoms with Crippen LogP contribution in [0.25, 0.3) is 0 Å². The Morgan fingerprint density at radius 2 is 1.40 bits per heavy atom. The molecule has 0 spiro atoms. The second kappa shape index (κ2) is 9.40. The fraction of sp³-hybridized carbons (Fsp3) is 0.231. The number of hydrogen-bond acceptors (Lipinski definition) is 2. The van der Waals surface area contributed by atoms with Crippen LogP contribution in [-0.4, -0.2) is 11.8 Å². The molecular formula is C26H28N2O2. The largest absolute Gasteiger partial charge is 0.326 e. The summed E-state index contributed by atoms with van der Waals surface area (Å²) in [6.45, 7) is 6.42. The molecule has 154 valence electrons. The smallest absolute Gasteiger partial charge is 0.255 e. The number of benzene rings is 3. The van der Waals surface area contributed by atoms with Gasteiger partial charge in [0.1, 0.15) is 0 Å². The molecule has 0 bridgehead atoms. The van der Waals surface area contributed by atoms with Crippen LogP contribution in [0.15, 0.2) is 78.9 Å². The fourth-order valence-electron chi connectivity index (χ4n) is 3.13. The first-order valence-corrected chi connectivity index (χ1v) is 10.2. The lowest BCUT2D eigenvalue weighted by atomic mass is 9.87. The summed E-state index contributed by atoms with van der Waals surface area (Å²) in [7, 11) is 0. The van der Waals surface area contributed by atoms with Crippen LogP contribution in [0.4, 0.5) is 11.4 Å². The predicted molar refractivity (Wildman–Crippen MR) is 123 cm³/mol. The predicted octanol–water partition coefficient (Wildman–Crippen LogP) is 5.81. The van der Waals surface area contributed by atoms with E-state index in [1.165, 1.54) is 5.56 Å². The van der Waals surface area contributed by atoms with E-state index in [4.69, 9.17) is 0 Å². The zero-order valence-electron chi connectivity index (χ0n) is 17.7. The third-order valence-electron chi connectivity index (χ3n) is 4.90. The van der Waals surface area contributed by atoms with E-state index in [0.29, 0.717) is 29.8 Å². The van der Waals surface area contributed by atoms with Gasteiger partial charge in [-0.25, -0.2) is 0 Å². The molecule has 3 aromatic rings. The number of nitrogens with one attached hydrogen (secondary N) is 2. The Labute approximate surface area is 178 Å². The van der Waals surface area contributed by atoms with E-state index in [2.05, 4.69) is 31.4 Å². The van der Waals surface area contributed by atoms with Crippen molar-refractivity contribution in [2.24, 2.45) is 0 Å². The molecule has 0 aromatic heterocycles. The number of amides is 2. The van der Waals surface area contributed by atoms with Crippen LogP contribution in [-0.2, 0) is 16.6 Å². The summed E-state index contributed by atoms with van der Waals surface area (Å²) in [6, 6.07) is 24.8. The van der Waals surface area contributed by atoms with Crippen LogP contribution in [0.2, 0.25) is 0 Å². The molecule has 0 unspecified atom stereocenters. The van der Waals surface area contributed by atoms with E-state index < -0.39 is 0 Å². The number of hydrogen-bond donors (Lipinski definition) is 2. The summed E-state index contributed by atoms with van der Waals surface area (Å²) in [5.74, 6) is -0.233. The molecule has 0 atom stereocenters. The van der Waals surface area contributed by atoms with Crippen LogP contribution in [0, 0.1) is 0 Å². The lowest BCUT2D eigenvalue weighted by Gasteiger charge is -2.19. The number of carbonyl (C=O) groups is 2. The van der Waals surface area contributed by atoms with Crippen molar-refractivity contribution in [3.63, 3.8) is 0 Å². The lowest BCUT2D eigenvalue weighted by Crippen LogP contribution is -2.15. The molecule has 30 heavy (non-hydrogen) atoms. The van der Waals surface area contributed by atoms with Crippen molar-refractivity contribution >= 4 is 23.2 Å². The van der Waals surface area contributed by atoms with Crippen LogP contribution in [0.1, 0.15) is 48.7 Å².